The van der Waals surface area contributed by atoms with Crippen molar-refractivity contribution >= 4 is 11.7 Å². The van der Waals surface area contributed by atoms with Gasteiger partial charge in [0.25, 0.3) is 0 Å². The molecule has 1 aromatic heterocycles. The van der Waals surface area contributed by atoms with Crippen LogP contribution in [-0.2, 0) is 0 Å². The standard InChI is InChI=1S/C24H26N4O3/c1-17-16-25-23(18-5-3-2-4-6-18)28(17)20-9-11-27(12-10-20)24(29)26-19-7-8-21-22(15-19)31-14-13-30-21/h2-8,15-16,20H,9-14H2,1H3,(H,26,29). The van der Waals surface area contributed by atoms with Crippen LogP contribution in [0, 0.1) is 6.92 Å². The first-order valence-electron chi connectivity index (χ1n) is 10.7. The van der Waals surface area contributed by atoms with Crippen molar-refractivity contribution in [3.05, 3.63) is 60.4 Å². The molecule has 0 saturated carbocycles. The van der Waals surface area contributed by atoms with Crippen molar-refractivity contribution in [1.82, 2.24) is 14.5 Å². The molecule has 7 heteroatoms. The quantitative estimate of drug-likeness (QED) is 0.680. The van der Waals surface area contributed by atoms with Gasteiger partial charge in [0.15, 0.2) is 11.5 Å². The number of aromatic nitrogens is 2. The van der Waals surface area contributed by atoms with E-state index in [1.165, 1.54) is 0 Å². The maximum absolute atomic E-state index is 12.8. The topological polar surface area (TPSA) is 68.6 Å². The second-order valence-corrected chi connectivity index (χ2v) is 7.97. The van der Waals surface area contributed by atoms with Crippen LogP contribution in [0.25, 0.3) is 11.4 Å². The van der Waals surface area contributed by atoms with Gasteiger partial charge in [0, 0.05) is 48.3 Å². The van der Waals surface area contributed by atoms with Gasteiger partial charge in [-0.2, -0.15) is 0 Å². The Balaban J connectivity index is 1.24. The lowest BCUT2D eigenvalue weighted by molar-refractivity contribution is 0.171. The number of nitrogens with one attached hydrogen (secondary N) is 1. The molecule has 7 nitrogen and oxygen atoms in total. The van der Waals surface area contributed by atoms with Crippen LogP contribution in [0.3, 0.4) is 0 Å². The van der Waals surface area contributed by atoms with Gasteiger partial charge in [0.05, 0.1) is 0 Å². The van der Waals surface area contributed by atoms with Crippen molar-refractivity contribution in [3.63, 3.8) is 0 Å². The second kappa shape index (κ2) is 8.34. The van der Waals surface area contributed by atoms with Crippen molar-refractivity contribution in [2.75, 3.05) is 31.6 Å². The fourth-order valence-corrected chi connectivity index (χ4v) is 4.36. The predicted octanol–water partition coefficient (Wildman–Crippen LogP) is 4.50. The minimum absolute atomic E-state index is 0.0826. The van der Waals surface area contributed by atoms with Gasteiger partial charge in [-0.1, -0.05) is 30.3 Å². The van der Waals surface area contributed by atoms with Gasteiger partial charge in [-0.3, -0.25) is 0 Å². The SMILES string of the molecule is Cc1cnc(-c2ccccc2)n1C1CCN(C(=O)Nc2ccc3c(c2)OCCO3)CC1. The zero-order chi connectivity index (χ0) is 21.2. The van der Waals surface area contributed by atoms with Crippen LogP contribution in [0.2, 0.25) is 0 Å². The average Bonchev–Trinajstić information content (AvgIpc) is 3.21. The summed E-state index contributed by atoms with van der Waals surface area (Å²) in [5.74, 6) is 2.39. The van der Waals surface area contributed by atoms with E-state index in [0.717, 1.165) is 35.7 Å². The number of rotatable bonds is 3. The van der Waals surface area contributed by atoms with Crippen molar-refractivity contribution < 1.29 is 14.3 Å². The zero-order valence-electron chi connectivity index (χ0n) is 17.6. The summed E-state index contributed by atoms with van der Waals surface area (Å²) in [6, 6.07) is 16.0. The Hall–Kier alpha value is -3.48. The van der Waals surface area contributed by atoms with E-state index in [1.54, 1.807) is 0 Å². The van der Waals surface area contributed by atoms with E-state index in [-0.39, 0.29) is 6.03 Å². The van der Waals surface area contributed by atoms with Gasteiger partial charge < -0.3 is 24.3 Å². The van der Waals surface area contributed by atoms with E-state index in [0.29, 0.717) is 43.8 Å². The molecule has 2 aliphatic rings. The third-order valence-corrected chi connectivity index (χ3v) is 5.92. The van der Waals surface area contributed by atoms with Crippen LogP contribution in [0.4, 0.5) is 10.5 Å². The zero-order valence-corrected chi connectivity index (χ0v) is 17.6. The van der Waals surface area contributed by atoms with Gasteiger partial charge in [0.2, 0.25) is 0 Å². The normalized spacial score (nSPS) is 16.2. The van der Waals surface area contributed by atoms with Crippen molar-refractivity contribution in [1.29, 1.82) is 0 Å². The highest BCUT2D eigenvalue weighted by Crippen LogP contribution is 2.33. The summed E-state index contributed by atoms with van der Waals surface area (Å²) in [5.41, 5.74) is 2.99. The molecule has 3 heterocycles. The minimum Gasteiger partial charge on any atom is -0.486 e. The van der Waals surface area contributed by atoms with E-state index in [9.17, 15) is 4.79 Å². The Bertz CT molecular complexity index is 1070. The molecule has 1 N–H and O–H groups in total. The molecule has 2 aromatic carbocycles. The molecule has 0 spiro atoms. The Labute approximate surface area is 181 Å². The Morgan fingerprint density at radius 1 is 1.03 bits per heavy atom. The van der Waals surface area contributed by atoms with Crippen LogP contribution in [-0.4, -0.2) is 46.8 Å². The first-order valence-corrected chi connectivity index (χ1v) is 10.7. The number of nitrogens with zero attached hydrogens (tertiary/aromatic N) is 3. The first kappa shape index (κ1) is 19.5. The number of hydrogen-bond acceptors (Lipinski definition) is 4. The van der Waals surface area contributed by atoms with E-state index in [1.807, 2.05) is 47.5 Å². The van der Waals surface area contributed by atoms with Crippen LogP contribution in [0.1, 0.15) is 24.6 Å². The van der Waals surface area contributed by atoms with Gasteiger partial charge in [0.1, 0.15) is 19.0 Å². The third kappa shape index (κ3) is 3.95. The minimum atomic E-state index is -0.0826. The number of imidazole rings is 1. The molecule has 2 aliphatic heterocycles. The number of amides is 2. The molecule has 2 amide bonds. The molecule has 0 atom stereocenters. The summed E-state index contributed by atoms with van der Waals surface area (Å²) >= 11 is 0. The maximum atomic E-state index is 12.8. The largest absolute Gasteiger partial charge is 0.486 e. The number of aryl methyl sites for hydroxylation is 1. The summed E-state index contributed by atoms with van der Waals surface area (Å²) in [5, 5.41) is 2.99. The Morgan fingerprint density at radius 3 is 2.55 bits per heavy atom. The smallest absolute Gasteiger partial charge is 0.321 e. The summed E-state index contributed by atoms with van der Waals surface area (Å²) in [6.45, 7) is 4.58. The van der Waals surface area contributed by atoms with E-state index in [2.05, 4.69) is 33.9 Å². The van der Waals surface area contributed by atoms with Gasteiger partial charge in [-0.25, -0.2) is 9.78 Å². The van der Waals surface area contributed by atoms with Crippen molar-refractivity contribution in [2.24, 2.45) is 0 Å². The molecule has 1 saturated heterocycles. The summed E-state index contributed by atoms with van der Waals surface area (Å²) in [7, 11) is 0. The maximum Gasteiger partial charge on any atom is 0.321 e. The molecule has 1 fully saturated rings. The molecule has 0 unspecified atom stereocenters. The second-order valence-electron chi connectivity index (χ2n) is 7.97. The first-order chi connectivity index (χ1) is 15.2. The molecule has 3 aromatic rings. The van der Waals surface area contributed by atoms with Crippen LogP contribution in [0.5, 0.6) is 11.5 Å². The number of ether oxygens (including phenoxy) is 2. The lowest BCUT2D eigenvalue weighted by Gasteiger charge is -2.34. The fourth-order valence-electron chi connectivity index (χ4n) is 4.36. The highest BCUT2D eigenvalue weighted by molar-refractivity contribution is 5.89. The molecule has 31 heavy (non-hydrogen) atoms. The lowest BCUT2D eigenvalue weighted by atomic mass is 10.0. The molecule has 5 rings (SSSR count). The lowest BCUT2D eigenvalue weighted by Crippen LogP contribution is -2.41. The molecule has 0 bridgehead atoms. The number of piperidine rings is 1. The average molecular weight is 418 g/mol. The number of benzene rings is 2. The Morgan fingerprint density at radius 2 is 1.77 bits per heavy atom. The predicted molar refractivity (Wildman–Crippen MR) is 119 cm³/mol. The van der Waals surface area contributed by atoms with E-state index >= 15 is 0 Å². The van der Waals surface area contributed by atoms with E-state index in [4.69, 9.17) is 9.47 Å². The Kier molecular flexibility index (Phi) is 5.24. The molecular formula is C24H26N4O3. The van der Waals surface area contributed by atoms with Crippen molar-refractivity contribution in [2.45, 2.75) is 25.8 Å². The third-order valence-electron chi connectivity index (χ3n) is 5.92. The fraction of sp³-hybridized carbons (Fsp3) is 0.333. The molecule has 0 radical (unpaired) electrons. The molecule has 160 valence electrons. The monoisotopic (exact) mass is 418 g/mol. The highest BCUT2D eigenvalue weighted by Gasteiger charge is 2.26. The number of anilines is 1. The number of hydrogen-bond donors (Lipinski definition) is 1. The number of carbonyl (C=O) groups excluding carboxylic acids is 1. The number of fused-ring (bicyclic) bond motifs is 1. The summed E-state index contributed by atoms with van der Waals surface area (Å²) in [6.07, 6.45) is 3.72. The number of carbonyl (C=O) groups is 1. The van der Waals surface area contributed by atoms with Crippen LogP contribution in [0.15, 0.2) is 54.7 Å². The summed E-state index contributed by atoms with van der Waals surface area (Å²) in [4.78, 5) is 19.3. The number of urea groups is 1. The molecule has 0 aliphatic carbocycles. The van der Waals surface area contributed by atoms with E-state index < -0.39 is 0 Å². The summed E-state index contributed by atoms with van der Waals surface area (Å²) < 4.78 is 13.5. The number of likely N-dealkylation sites (tertiary alicyclic amines) is 1. The van der Waals surface area contributed by atoms with Gasteiger partial charge >= 0.3 is 6.03 Å². The van der Waals surface area contributed by atoms with Crippen LogP contribution < -0.4 is 14.8 Å². The van der Waals surface area contributed by atoms with Gasteiger partial charge in [-0.05, 0) is 31.9 Å². The van der Waals surface area contributed by atoms with Gasteiger partial charge in [-0.15, -0.1) is 0 Å². The molecular weight excluding hydrogens is 392 g/mol. The van der Waals surface area contributed by atoms with Crippen molar-refractivity contribution in [3.8, 4) is 22.9 Å². The van der Waals surface area contributed by atoms with Crippen LogP contribution >= 0.6 is 0 Å². The highest BCUT2D eigenvalue weighted by atomic mass is 16.6.